The van der Waals surface area contributed by atoms with E-state index in [1.807, 2.05) is 0 Å². The van der Waals surface area contributed by atoms with E-state index in [0.29, 0.717) is 25.9 Å². The topological polar surface area (TPSA) is 95.9 Å². The summed E-state index contributed by atoms with van der Waals surface area (Å²) in [6.45, 7) is 4.95. The molecule has 6 heteroatoms. The van der Waals surface area contributed by atoms with E-state index in [2.05, 4.69) is 43.5 Å². The van der Waals surface area contributed by atoms with Gasteiger partial charge in [-0.05, 0) is 77.0 Å². The van der Waals surface area contributed by atoms with Crippen LogP contribution in [0.1, 0.15) is 348 Å². The predicted octanol–water partition coefficient (Wildman–Crippen LogP) is 19.8. The summed E-state index contributed by atoms with van der Waals surface area (Å²) in [4.78, 5) is 24.6. The van der Waals surface area contributed by atoms with Crippen LogP contribution in [0.3, 0.4) is 0 Å². The first-order valence-electron chi connectivity index (χ1n) is 31.6. The van der Waals surface area contributed by atoms with Crippen molar-refractivity contribution in [2.75, 3.05) is 13.2 Å². The Morgan fingerprint density at radius 3 is 1.01 bits per heavy atom. The molecule has 0 fully saturated rings. The van der Waals surface area contributed by atoms with E-state index in [1.54, 1.807) is 0 Å². The average molecular weight is 987 g/mol. The van der Waals surface area contributed by atoms with Gasteiger partial charge in [0.05, 0.1) is 25.4 Å². The molecule has 0 heterocycles. The summed E-state index contributed by atoms with van der Waals surface area (Å²) >= 11 is 0. The van der Waals surface area contributed by atoms with Gasteiger partial charge in [-0.2, -0.15) is 0 Å². The Labute approximate surface area is 437 Å². The van der Waals surface area contributed by atoms with Crippen LogP contribution in [0.15, 0.2) is 24.3 Å². The van der Waals surface area contributed by atoms with Crippen LogP contribution in [-0.4, -0.2) is 47.4 Å². The van der Waals surface area contributed by atoms with Gasteiger partial charge in [0.2, 0.25) is 5.91 Å². The molecule has 1 amide bonds. The second kappa shape index (κ2) is 59.9. The van der Waals surface area contributed by atoms with Crippen molar-refractivity contribution in [3.05, 3.63) is 24.3 Å². The molecule has 0 saturated heterocycles. The first kappa shape index (κ1) is 68.3. The number of carbonyl (C=O) groups is 2. The maximum atomic E-state index is 12.5. The van der Waals surface area contributed by atoms with Crippen LogP contribution in [0.4, 0.5) is 0 Å². The Hall–Kier alpha value is -1.66. The lowest BCUT2D eigenvalue weighted by Crippen LogP contribution is -2.45. The molecule has 414 valence electrons. The minimum Gasteiger partial charge on any atom is -0.466 e. The monoisotopic (exact) mass is 986 g/mol. The van der Waals surface area contributed by atoms with Crippen LogP contribution in [0, 0.1) is 0 Å². The van der Waals surface area contributed by atoms with Gasteiger partial charge in [-0.25, -0.2) is 0 Å². The number of allylic oxidation sites excluding steroid dienone is 4. The molecule has 0 aromatic carbocycles. The van der Waals surface area contributed by atoms with Gasteiger partial charge in [-0.1, -0.05) is 282 Å². The van der Waals surface area contributed by atoms with E-state index in [9.17, 15) is 19.8 Å². The fourth-order valence-corrected chi connectivity index (χ4v) is 9.87. The zero-order valence-electron chi connectivity index (χ0n) is 47.3. The highest BCUT2D eigenvalue weighted by atomic mass is 16.5. The minimum absolute atomic E-state index is 0.00536. The van der Waals surface area contributed by atoms with E-state index in [4.69, 9.17) is 4.74 Å². The summed E-state index contributed by atoms with van der Waals surface area (Å²) in [6.07, 6.45) is 73.2. The van der Waals surface area contributed by atoms with E-state index in [0.717, 1.165) is 64.2 Å². The molecular formula is C64H123NO5. The van der Waals surface area contributed by atoms with Gasteiger partial charge in [-0.3, -0.25) is 9.59 Å². The number of aliphatic hydroxyl groups excluding tert-OH is 2. The second-order valence-electron chi connectivity index (χ2n) is 21.7. The molecule has 0 aliphatic rings. The van der Waals surface area contributed by atoms with E-state index in [1.165, 1.54) is 250 Å². The van der Waals surface area contributed by atoms with E-state index in [-0.39, 0.29) is 18.5 Å². The molecule has 0 aromatic heterocycles. The van der Waals surface area contributed by atoms with Gasteiger partial charge in [0.25, 0.3) is 0 Å². The fraction of sp³-hybridized carbons (Fsp3) is 0.906. The highest BCUT2D eigenvalue weighted by Gasteiger charge is 2.20. The van der Waals surface area contributed by atoms with Gasteiger partial charge in [0, 0.05) is 12.8 Å². The van der Waals surface area contributed by atoms with E-state index < -0.39 is 12.1 Å². The van der Waals surface area contributed by atoms with Gasteiger partial charge in [0.1, 0.15) is 0 Å². The van der Waals surface area contributed by atoms with Crippen molar-refractivity contribution in [2.24, 2.45) is 0 Å². The van der Waals surface area contributed by atoms with Crippen LogP contribution in [0.2, 0.25) is 0 Å². The minimum atomic E-state index is -0.676. The lowest BCUT2D eigenvalue weighted by atomic mass is 10.0. The highest BCUT2D eigenvalue weighted by Crippen LogP contribution is 2.18. The molecule has 70 heavy (non-hydrogen) atoms. The predicted molar refractivity (Wildman–Crippen MR) is 306 cm³/mol. The van der Waals surface area contributed by atoms with Crippen LogP contribution in [0.25, 0.3) is 0 Å². The molecule has 0 aromatic rings. The number of rotatable bonds is 59. The standard InChI is InChI=1S/C64H123NO5/c1-3-5-7-9-11-13-15-17-19-21-22-23-25-28-32-36-40-44-48-52-56-62(67)61(60-66)65-63(68)57-53-49-45-41-37-33-29-26-27-31-35-39-43-47-51-55-59-70-64(69)58-54-50-46-42-38-34-30-24-20-18-16-14-12-10-8-6-4-2/h18,20,26,29,61-62,66-67H,3-17,19,21-25,27-28,30-60H2,1-2H3,(H,65,68)/b20-18-,29-26-. The number of ether oxygens (including phenoxy) is 1. The molecule has 0 aliphatic heterocycles. The van der Waals surface area contributed by atoms with Gasteiger partial charge < -0.3 is 20.3 Å². The third-order valence-electron chi connectivity index (χ3n) is 14.7. The Balaban J connectivity index is 3.45. The summed E-state index contributed by atoms with van der Waals surface area (Å²) in [7, 11) is 0. The first-order valence-corrected chi connectivity index (χ1v) is 31.6. The summed E-state index contributed by atoms with van der Waals surface area (Å²) in [5.74, 6) is -0.0544. The third kappa shape index (κ3) is 55.7. The average Bonchev–Trinajstić information content (AvgIpc) is 3.36. The number of esters is 1. The van der Waals surface area contributed by atoms with Crippen molar-refractivity contribution in [3.8, 4) is 0 Å². The maximum Gasteiger partial charge on any atom is 0.305 e. The summed E-state index contributed by atoms with van der Waals surface area (Å²) < 4.78 is 5.48. The van der Waals surface area contributed by atoms with Crippen LogP contribution in [-0.2, 0) is 14.3 Å². The number of unbranched alkanes of at least 4 members (excludes halogenated alkanes) is 44. The summed E-state index contributed by atoms with van der Waals surface area (Å²) in [6, 6.07) is -0.555. The molecule has 2 unspecified atom stereocenters. The molecule has 3 N–H and O–H groups in total. The number of hydrogen-bond acceptors (Lipinski definition) is 5. The Bertz CT molecular complexity index is 1090. The highest BCUT2D eigenvalue weighted by molar-refractivity contribution is 5.76. The van der Waals surface area contributed by atoms with Crippen LogP contribution < -0.4 is 5.32 Å². The fourth-order valence-electron chi connectivity index (χ4n) is 9.87. The zero-order valence-corrected chi connectivity index (χ0v) is 47.3. The van der Waals surface area contributed by atoms with Crippen molar-refractivity contribution in [1.29, 1.82) is 0 Å². The smallest absolute Gasteiger partial charge is 0.305 e. The lowest BCUT2D eigenvalue weighted by Gasteiger charge is -2.22. The molecule has 2 atom stereocenters. The van der Waals surface area contributed by atoms with Crippen LogP contribution >= 0.6 is 0 Å². The normalized spacial score (nSPS) is 12.7. The van der Waals surface area contributed by atoms with Crippen molar-refractivity contribution in [3.63, 3.8) is 0 Å². The number of carbonyl (C=O) groups excluding carboxylic acids is 2. The van der Waals surface area contributed by atoms with Crippen molar-refractivity contribution in [2.45, 2.75) is 360 Å². The zero-order chi connectivity index (χ0) is 50.7. The van der Waals surface area contributed by atoms with Gasteiger partial charge >= 0.3 is 5.97 Å². The maximum absolute atomic E-state index is 12.5. The Kier molecular flexibility index (Phi) is 58.5. The quantitative estimate of drug-likeness (QED) is 0.0321. The van der Waals surface area contributed by atoms with Crippen molar-refractivity contribution < 1.29 is 24.5 Å². The molecule has 0 bridgehead atoms. The largest absolute Gasteiger partial charge is 0.466 e. The van der Waals surface area contributed by atoms with Crippen molar-refractivity contribution in [1.82, 2.24) is 5.32 Å². The molecule has 0 rings (SSSR count). The second-order valence-corrected chi connectivity index (χ2v) is 21.7. The Morgan fingerprint density at radius 2 is 0.671 bits per heavy atom. The number of amides is 1. The van der Waals surface area contributed by atoms with Gasteiger partial charge in [0.15, 0.2) is 0 Å². The molecule has 0 saturated carbocycles. The summed E-state index contributed by atoms with van der Waals surface area (Å²) in [5, 5.41) is 23.3. The molecule has 0 aliphatic carbocycles. The number of aliphatic hydroxyl groups is 2. The number of hydrogen-bond donors (Lipinski definition) is 3. The molecule has 0 radical (unpaired) electrons. The third-order valence-corrected chi connectivity index (χ3v) is 14.7. The molecule has 0 spiro atoms. The first-order chi connectivity index (χ1) is 34.5. The van der Waals surface area contributed by atoms with Crippen molar-refractivity contribution >= 4 is 11.9 Å². The molecule has 6 nitrogen and oxygen atoms in total. The van der Waals surface area contributed by atoms with Crippen LogP contribution in [0.5, 0.6) is 0 Å². The SMILES string of the molecule is CCCCCCCC/C=C\CCCCCCCCCC(=O)OCCCCCCCCC/C=C\CCCCCCCC(=O)NC(CO)C(O)CCCCCCCCCCCCCCCCCCCCCC. The lowest BCUT2D eigenvalue weighted by molar-refractivity contribution is -0.143. The Morgan fingerprint density at radius 1 is 0.386 bits per heavy atom. The molecular weight excluding hydrogens is 863 g/mol. The number of nitrogens with one attached hydrogen (secondary N) is 1. The van der Waals surface area contributed by atoms with E-state index >= 15 is 0 Å². The van der Waals surface area contributed by atoms with Gasteiger partial charge in [-0.15, -0.1) is 0 Å². The summed E-state index contributed by atoms with van der Waals surface area (Å²) in [5.41, 5.74) is 0.